The lowest BCUT2D eigenvalue weighted by Gasteiger charge is -2.35. The van der Waals surface area contributed by atoms with Crippen LogP contribution in [0.1, 0.15) is 70.3 Å². The Morgan fingerprint density at radius 2 is 1.56 bits per heavy atom. The van der Waals surface area contributed by atoms with Crippen LogP contribution in [0.5, 0.6) is 11.5 Å². The highest BCUT2D eigenvalue weighted by molar-refractivity contribution is 7.92. The molecule has 2 aromatic rings. The first-order valence-corrected chi connectivity index (χ1v) is 16.8. The molecule has 1 saturated carbocycles. The first-order valence-electron chi connectivity index (χ1n) is 14.9. The summed E-state index contributed by atoms with van der Waals surface area (Å²) in [5, 5.41) is 3.36. The molecule has 2 amide bonds. The highest BCUT2D eigenvalue weighted by Gasteiger charge is 2.25. The molecule has 228 valence electrons. The summed E-state index contributed by atoms with van der Waals surface area (Å²) < 4.78 is 31.1. The lowest BCUT2D eigenvalue weighted by atomic mass is 9.89. The van der Waals surface area contributed by atoms with Crippen molar-refractivity contribution >= 4 is 34.1 Å². The first-order chi connectivity index (χ1) is 19.3. The van der Waals surface area contributed by atoms with Crippen molar-refractivity contribution in [2.75, 3.05) is 37.2 Å². The molecular formula is C31H47ClN4O4S. The van der Waals surface area contributed by atoms with Crippen molar-refractivity contribution in [3.63, 3.8) is 0 Å². The van der Waals surface area contributed by atoms with E-state index in [-0.39, 0.29) is 24.5 Å². The molecule has 2 aromatic carbocycles. The number of likely N-dealkylation sites (tertiary alicyclic amines) is 1. The van der Waals surface area contributed by atoms with Crippen molar-refractivity contribution in [1.82, 2.24) is 15.1 Å². The molecule has 0 unspecified atom stereocenters. The second-order valence-electron chi connectivity index (χ2n) is 11.4. The van der Waals surface area contributed by atoms with Gasteiger partial charge in [-0.05, 0) is 80.0 Å². The van der Waals surface area contributed by atoms with E-state index in [2.05, 4.69) is 38.9 Å². The minimum absolute atomic E-state index is 0. The predicted molar refractivity (Wildman–Crippen MR) is 169 cm³/mol. The fraction of sp³-hybridized carbons (Fsp3) is 0.581. The van der Waals surface area contributed by atoms with Gasteiger partial charge in [-0.3, -0.25) is 9.62 Å². The molecule has 41 heavy (non-hydrogen) atoms. The number of hydrogen-bond donors (Lipinski definition) is 2. The minimum atomic E-state index is -3.30. The molecule has 1 heterocycles. The summed E-state index contributed by atoms with van der Waals surface area (Å²) in [6, 6.07) is 15.3. The van der Waals surface area contributed by atoms with Crippen molar-refractivity contribution in [1.29, 1.82) is 0 Å². The van der Waals surface area contributed by atoms with Gasteiger partial charge in [0.05, 0.1) is 6.26 Å². The summed E-state index contributed by atoms with van der Waals surface area (Å²) in [6.07, 6.45) is 11.7. The lowest BCUT2D eigenvalue weighted by Crippen LogP contribution is -2.50. The lowest BCUT2D eigenvalue weighted by molar-refractivity contribution is 0.157. The molecule has 0 radical (unpaired) electrons. The Kier molecular flexibility index (Phi) is 13.1. The molecule has 1 aliphatic carbocycles. The number of benzene rings is 2. The topological polar surface area (TPSA) is 91.0 Å². The van der Waals surface area contributed by atoms with Gasteiger partial charge < -0.3 is 15.0 Å². The molecule has 0 atom stereocenters. The normalized spacial score (nSPS) is 16.9. The SMILES string of the molecule is CCCCN(CC1CCCCC1)C(=O)NC1CCN(Cc2ccc(Oc3ccc(NS(C)(=O)=O)cc3)cc2)CC1.Cl. The molecule has 1 aliphatic heterocycles. The Hall–Kier alpha value is -2.49. The number of hydrogen-bond acceptors (Lipinski definition) is 5. The van der Waals surface area contributed by atoms with E-state index in [9.17, 15) is 13.2 Å². The summed E-state index contributed by atoms with van der Waals surface area (Å²) in [7, 11) is -3.30. The molecule has 0 bridgehead atoms. The van der Waals surface area contributed by atoms with Crippen molar-refractivity contribution in [3.8, 4) is 11.5 Å². The Labute approximate surface area is 252 Å². The standard InChI is InChI=1S/C31H46N4O4S.ClH/c1-3-4-20-35(24-25-8-6-5-7-9-25)31(36)32-27-18-21-34(22-19-27)23-26-10-14-29(15-11-26)39-30-16-12-28(13-17-30)33-40(2,37)38;/h10-17,25,27,33H,3-9,18-24H2,1-2H3,(H,32,36);1H. The number of carbonyl (C=O) groups is 1. The third kappa shape index (κ3) is 11.4. The number of sulfonamides is 1. The summed E-state index contributed by atoms with van der Waals surface area (Å²) in [4.78, 5) is 17.7. The molecule has 1 saturated heterocycles. The minimum Gasteiger partial charge on any atom is -0.457 e. The number of ether oxygens (including phenoxy) is 1. The zero-order valence-corrected chi connectivity index (χ0v) is 26.1. The van der Waals surface area contributed by atoms with Gasteiger partial charge in [-0.2, -0.15) is 0 Å². The maximum Gasteiger partial charge on any atom is 0.317 e. The van der Waals surface area contributed by atoms with Gasteiger partial charge in [-0.15, -0.1) is 12.4 Å². The van der Waals surface area contributed by atoms with Crippen LogP contribution in [-0.2, 0) is 16.6 Å². The summed E-state index contributed by atoms with van der Waals surface area (Å²) in [5.74, 6) is 2.04. The number of nitrogens with one attached hydrogen (secondary N) is 2. The van der Waals surface area contributed by atoms with E-state index < -0.39 is 10.0 Å². The van der Waals surface area contributed by atoms with Gasteiger partial charge in [0.15, 0.2) is 0 Å². The van der Waals surface area contributed by atoms with Crippen LogP contribution in [0.15, 0.2) is 48.5 Å². The number of halogens is 1. The Morgan fingerprint density at radius 3 is 2.15 bits per heavy atom. The molecular weight excluding hydrogens is 560 g/mol. The Morgan fingerprint density at radius 1 is 0.951 bits per heavy atom. The van der Waals surface area contributed by atoms with Gasteiger partial charge in [0.2, 0.25) is 10.0 Å². The number of urea groups is 1. The maximum atomic E-state index is 13.2. The first kappa shape index (κ1) is 33.0. The van der Waals surface area contributed by atoms with Gasteiger partial charge in [-0.1, -0.05) is 44.7 Å². The fourth-order valence-electron chi connectivity index (χ4n) is 5.67. The molecule has 4 rings (SSSR count). The van der Waals surface area contributed by atoms with Gasteiger partial charge in [0.1, 0.15) is 11.5 Å². The zero-order valence-electron chi connectivity index (χ0n) is 24.5. The van der Waals surface area contributed by atoms with Crippen LogP contribution < -0.4 is 14.8 Å². The molecule has 2 N–H and O–H groups in total. The van der Waals surface area contributed by atoms with Crippen LogP contribution >= 0.6 is 12.4 Å². The van der Waals surface area contributed by atoms with Crippen LogP contribution in [0.25, 0.3) is 0 Å². The van der Waals surface area contributed by atoms with E-state index in [4.69, 9.17) is 4.74 Å². The molecule has 0 spiro atoms. The number of piperidine rings is 1. The van der Waals surface area contributed by atoms with E-state index in [1.807, 2.05) is 12.1 Å². The average molecular weight is 607 g/mol. The largest absolute Gasteiger partial charge is 0.457 e. The van der Waals surface area contributed by atoms with E-state index in [0.717, 1.165) is 70.4 Å². The Bertz CT molecular complexity index is 1160. The third-order valence-corrected chi connectivity index (χ3v) is 8.52. The molecule has 8 nitrogen and oxygen atoms in total. The van der Waals surface area contributed by atoms with Gasteiger partial charge >= 0.3 is 6.03 Å². The van der Waals surface area contributed by atoms with Crippen LogP contribution in [0.4, 0.5) is 10.5 Å². The molecule has 0 aromatic heterocycles. The molecule has 2 aliphatic rings. The van der Waals surface area contributed by atoms with E-state index in [0.29, 0.717) is 17.4 Å². The van der Waals surface area contributed by atoms with Crippen LogP contribution in [0.2, 0.25) is 0 Å². The van der Waals surface area contributed by atoms with Crippen molar-refractivity contribution in [3.05, 3.63) is 54.1 Å². The quantitative estimate of drug-likeness (QED) is 0.283. The second kappa shape index (κ2) is 16.2. The summed E-state index contributed by atoms with van der Waals surface area (Å²) in [6.45, 7) is 6.77. The monoisotopic (exact) mass is 606 g/mol. The van der Waals surface area contributed by atoms with E-state index in [1.165, 1.54) is 37.7 Å². The highest BCUT2D eigenvalue weighted by Crippen LogP contribution is 2.26. The fourth-order valence-corrected chi connectivity index (χ4v) is 6.23. The molecule has 2 fully saturated rings. The number of rotatable bonds is 12. The molecule has 10 heteroatoms. The maximum absolute atomic E-state index is 13.2. The van der Waals surface area contributed by atoms with Crippen LogP contribution in [-0.4, -0.2) is 62.7 Å². The highest BCUT2D eigenvalue weighted by atomic mass is 35.5. The van der Waals surface area contributed by atoms with Crippen LogP contribution in [0, 0.1) is 5.92 Å². The predicted octanol–water partition coefficient (Wildman–Crippen LogP) is 6.63. The Balaban J connectivity index is 0.00000462. The van der Waals surface area contributed by atoms with Crippen molar-refractivity contribution in [2.24, 2.45) is 5.92 Å². The number of anilines is 1. The number of nitrogens with zero attached hydrogens (tertiary/aromatic N) is 2. The summed E-state index contributed by atoms with van der Waals surface area (Å²) in [5.41, 5.74) is 1.72. The van der Waals surface area contributed by atoms with Gasteiger partial charge in [0, 0.05) is 44.5 Å². The van der Waals surface area contributed by atoms with E-state index >= 15 is 0 Å². The smallest absolute Gasteiger partial charge is 0.317 e. The van der Waals surface area contributed by atoms with Crippen molar-refractivity contribution in [2.45, 2.75) is 77.3 Å². The third-order valence-electron chi connectivity index (χ3n) is 7.91. The zero-order chi connectivity index (χ0) is 28.4. The summed E-state index contributed by atoms with van der Waals surface area (Å²) >= 11 is 0. The van der Waals surface area contributed by atoms with Crippen LogP contribution in [0.3, 0.4) is 0 Å². The van der Waals surface area contributed by atoms with Gasteiger partial charge in [-0.25, -0.2) is 13.2 Å². The van der Waals surface area contributed by atoms with E-state index in [1.54, 1.807) is 24.3 Å². The number of carbonyl (C=O) groups excluding carboxylic acids is 1. The van der Waals surface area contributed by atoms with Gasteiger partial charge in [0.25, 0.3) is 0 Å². The van der Waals surface area contributed by atoms with Crippen molar-refractivity contribution < 1.29 is 17.9 Å². The average Bonchev–Trinajstić information content (AvgIpc) is 2.94. The number of unbranched alkanes of at least 4 members (excludes halogenated alkanes) is 1. The number of amides is 2. The second-order valence-corrected chi connectivity index (χ2v) is 13.2.